The second kappa shape index (κ2) is 6.72. The number of halogens is 1. The Morgan fingerprint density at radius 3 is 2.15 bits per heavy atom. The lowest BCUT2D eigenvalue weighted by atomic mass is 10.1. The number of Topliss-reactive ketones (excluding diaryl/α,β-unsaturated/α-hetero) is 1. The van der Waals surface area contributed by atoms with E-state index in [1.165, 1.54) is 14.2 Å². The van der Waals surface area contributed by atoms with E-state index in [0.717, 1.165) is 0 Å². The van der Waals surface area contributed by atoms with Crippen molar-refractivity contribution in [2.45, 2.75) is 19.4 Å². The van der Waals surface area contributed by atoms with Gasteiger partial charge in [-0.1, -0.05) is 11.6 Å². The van der Waals surface area contributed by atoms with Gasteiger partial charge in [-0.15, -0.1) is 0 Å². The van der Waals surface area contributed by atoms with Crippen LogP contribution < -0.4 is 4.74 Å². The molecule has 5 nitrogen and oxygen atoms in total. The smallest absolute Gasteiger partial charge is 0.337 e. The van der Waals surface area contributed by atoms with Gasteiger partial charge in [-0.25, -0.2) is 0 Å². The second-order valence-electron chi connectivity index (χ2n) is 4.62. The summed E-state index contributed by atoms with van der Waals surface area (Å²) in [6.45, 7) is 3.19. The number of hydrogen-bond acceptors (Lipinski definition) is 5. The maximum atomic E-state index is 12.2. The zero-order valence-corrected chi connectivity index (χ0v) is 13.5. The Morgan fingerprint density at radius 1 is 1.20 bits per heavy atom. The maximum absolute atomic E-state index is 12.2. The van der Waals surface area contributed by atoms with E-state index in [-0.39, 0.29) is 11.9 Å². The summed E-state index contributed by atoms with van der Waals surface area (Å²) in [5, 5.41) is 0.574. The number of benzene rings is 1. The van der Waals surface area contributed by atoms with Gasteiger partial charge in [-0.3, -0.25) is 9.36 Å². The molecular weight excluding hydrogens is 303 g/mol. The van der Waals surface area contributed by atoms with Gasteiger partial charge < -0.3 is 13.8 Å². The van der Waals surface area contributed by atoms with Gasteiger partial charge in [-0.05, 0) is 38.1 Å². The molecule has 1 aromatic rings. The molecule has 0 atom stereocenters. The van der Waals surface area contributed by atoms with Crippen LogP contribution in [-0.2, 0) is 18.4 Å². The van der Waals surface area contributed by atoms with Crippen molar-refractivity contribution in [3.63, 3.8) is 0 Å². The third kappa shape index (κ3) is 4.60. The van der Waals surface area contributed by atoms with Crippen LogP contribution in [0.15, 0.2) is 24.3 Å². The molecule has 0 unspecified atom stereocenters. The molecule has 20 heavy (non-hydrogen) atoms. The maximum Gasteiger partial charge on any atom is 0.337 e. The zero-order valence-electron chi connectivity index (χ0n) is 11.9. The van der Waals surface area contributed by atoms with Gasteiger partial charge in [0.05, 0.1) is 0 Å². The standard InChI is InChI=1S/C13H18ClO5P/c1-13(2,12(15)9-20(16,17-3)18-4)19-11-7-5-10(14)6-8-11/h5-8H,9H2,1-4H3. The fourth-order valence-electron chi connectivity index (χ4n) is 1.42. The number of carbonyl (C=O) groups excluding carboxylic acids is 1. The molecule has 0 amide bonds. The van der Waals surface area contributed by atoms with Crippen LogP contribution in [0.5, 0.6) is 5.75 Å². The highest BCUT2D eigenvalue weighted by Gasteiger charge is 2.36. The Hall–Kier alpha value is -0.870. The van der Waals surface area contributed by atoms with Gasteiger partial charge in [0.15, 0.2) is 11.4 Å². The lowest BCUT2D eigenvalue weighted by molar-refractivity contribution is -0.129. The minimum atomic E-state index is -3.40. The molecule has 0 saturated carbocycles. The van der Waals surface area contributed by atoms with Crippen LogP contribution in [0, 0.1) is 0 Å². The van der Waals surface area contributed by atoms with Gasteiger partial charge in [0.1, 0.15) is 11.9 Å². The van der Waals surface area contributed by atoms with E-state index in [9.17, 15) is 9.36 Å². The van der Waals surface area contributed by atoms with Crippen molar-refractivity contribution >= 4 is 25.0 Å². The van der Waals surface area contributed by atoms with Crippen LogP contribution in [0.4, 0.5) is 0 Å². The van der Waals surface area contributed by atoms with E-state index in [1.54, 1.807) is 38.1 Å². The predicted molar refractivity (Wildman–Crippen MR) is 77.7 cm³/mol. The van der Waals surface area contributed by atoms with Gasteiger partial charge in [0.25, 0.3) is 0 Å². The van der Waals surface area contributed by atoms with Gasteiger partial charge in [0, 0.05) is 19.2 Å². The molecular formula is C13H18ClO5P. The average Bonchev–Trinajstić information content (AvgIpc) is 2.41. The fourth-order valence-corrected chi connectivity index (χ4v) is 2.69. The third-order valence-electron chi connectivity index (χ3n) is 2.75. The summed E-state index contributed by atoms with van der Waals surface area (Å²) >= 11 is 5.78. The first-order valence-electron chi connectivity index (χ1n) is 5.91. The van der Waals surface area contributed by atoms with Crippen molar-refractivity contribution in [3.8, 4) is 5.75 Å². The molecule has 1 aromatic carbocycles. The van der Waals surface area contributed by atoms with Crippen LogP contribution in [0.1, 0.15) is 13.8 Å². The van der Waals surface area contributed by atoms with Gasteiger partial charge >= 0.3 is 7.60 Å². The monoisotopic (exact) mass is 320 g/mol. The van der Waals surface area contributed by atoms with Crippen LogP contribution >= 0.6 is 19.2 Å². The van der Waals surface area contributed by atoms with E-state index < -0.39 is 13.2 Å². The lowest BCUT2D eigenvalue weighted by Crippen LogP contribution is -2.40. The Kier molecular flexibility index (Phi) is 5.78. The molecule has 0 aliphatic heterocycles. The van der Waals surface area contributed by atoms with Crippen molar-refractivity contribution in [1.82, 2.24) is 0 Å². The molecule has 0 N–H and O–H groups in total. The number of carbonyl (C=O) groups is 1. The quantitative estimate of drug-likeness (QED) is 0.719. The van der Waals surface area contributed by atoms with E-state index in [0.29, 0.717) is 10.8 Å². The molecule has 0 heterocycles. The van der Waals surface area contributed by atoms with Crippen molar-refractivity contribution < 1.29 is 23.1 Å². The van der Waals surface area contributed by atoms with Crippen molar-refractivity contribution in [2.75, 3.05) is 20.4 Å². The minimum Gasteiger partial charge on any atom is -0.480 e. The highest BCUT2D eigenvalue weighted by molar-refractivity contribution is 7.54. The molecule has 0 fully saturated rings. The molecule has 112 valence electrons. The summed E-state index contributed by atoms with van der Waals surface area (Å²) in [6.07, 6.45) is -0.347. The van der Waals surface area contributed by atoms with Crippen LogP contribution in [-0.4, -0.2) is 31.8 Å². The number of rotatable bonds is 7. The molecule has 0 radical (unpaired) electrons. The Balaban J connectivity index is 2.80. The number of hydrogen-bond donors (Lipinski definition) is 0. The average molecular weight is 321 g/mol. The van der Waals surface area contributed by atoms with Gasteiger partial charge in [-0.2, -0.15) is 0 Å². The fraction of sp³-hybridized carbons (Fsp3) is 0.462. The number of ether oxygens (including phenoxy) is 1. The van der Waals surface area contributed by atoms with E-state index in [2.05, 4.69) is 0 Å². The summed E-state index contributed by atoms with van der Waals surface area (Å²) < 4.78 is 27.1. The lowest BCUT2D eigenvalue weighted by Gasteiger charge is -2.26. The molecule has 0 spiro atoms. The van der Waals surface area contributed by atoms with Crippen LogP contribution in [0.3, 0.4) is 0 Å². The first kappa shape index (κ1) is 17.2. The summed E-state index contributed by atoms with van der Waals surface area (Å²) in [7, 11) is -0.916. The van der Waals surface area contributed by atoms with E-state index >= 15 is 0 Å². The molecule has 0 aliphatic rings. The molecule has 0 aliphatic carbocycles. The Bertz CT molecular complexity index is 504. The minimum absolute atomic E-state index is 0.347. The zero-order chi connectivity index (χ0) is 15.4. The topological polar surface area (TPSA) is 61.8 Å². The molecule has 1 rings (SSSR count). The second-order valence-corrected chi connectivity index (χ2v) is 7.33. The SMILES string of the molecule is COP(=O)(CC(=O)C(C)(C)Oc1ccc(Cl)cc1)OC. The predicted octanol–water partition coefficient (Wildman–Crippen LogP) is 3.55. The summed E-state index contributed by atoms with van der Waals surface area (Å²) in [5.41, 5.74) is -1.15. The summed E-state index contributed by atoms with van der Waals surface area (Å²) in [4.78, 5) is 12.2. The highest BCUT2D eigenvalue weighted by atomic mass is 35.5. The third-order valence-corrected chi connectivity index (χ3v) is 4.79. The van der Waals surface area contributed by atoms with Crippen molar-refractivity contribution in [3.05, 3.63) is 29.3 Å². The Labute approximate surface area is 123 Å². The normalized spacial score (nSPS) is 12.2. The molecule has 0 aromatic heterocycles. The molecule has 0 bridgehead atoms. The van der Waals surface area contributed by atoms with E-state index in [1.807, 2.05) is 0 Å². The largest absolute Gasteiger partial charge is 0.480 e. The van der Waals surface area contributed by atoms with Crippen LogP contribution in [0.2, 0.25) is 5.02 Å². The Morgan fingerprint density at radius 2 is 1.70 bits per heavy atom. The van der Waals surface area contributed by atoms with Crippen molar-refractivity contribution in [1.29, 1.82) is 0 Å². The summed E-state index contributed by atoms with van der Waals surface area (Å²) in [6, 6.07) is 6.63. The van der Waals surface area contributed by atoms with E-state index in [4.69, 9.17) is 25.4 Å². The van der Waals surface area contributed by atoms with Crippen LogP contribution in [0.25, 0.3) is 0 Å². The number of ketones is 1. The summed E-state index contributed by atoms with van der Waals surface area (Å²) in [5.74, 6) is 0.122. The molecule has 0 saturated heterocycles. The van der Waals surface area contributed by atoms with Gasteiger partial charge in [0.2, 0.25) is 0 Å². The first-order chi connectivity index (χ1) is 9.22. The highest BCUT2D eigenvalue weighted by Crippen LogP contribution is 2.47. The van der Waals surface area contributed by atoms with Crippen molar-refractivity contribution in [2.24, 2.45) is 0 Å². The first-order valence-corrected chi connectivity index (χ1v) is 8.01. The molecule has 7 heteroatoms.